The molecule has 20 heavy (non-hydrogen) atoms. The van der Waals surface area contributed by atoms with E-state index < -0.39 is 0 Å². The van der Waals surface area contributed by atoms with Crippen molar-refractivity contribution in [2.75, 3.05) is 37.0 Å². The number of aromatic nitrogens is 2. The molecule has 1 saturated heterocycles. The van der Waals surface area contributed by atoms with Crippen molar-refractivity contribution in [3.63, 3.8) is 0 Å². The normalized spacial score (nSPS) is 19.5. The van der Waals surface area contributed by atoms with Gasteiger partial charge in [0.1, 0.15) is 17.5 Å². The lowest BCUT2D eigenvalue weighted by Gasteiger charge is -2.37. The van der Waals surface area contributed by atoms with E-state index in [1.807, 2.05) is 7.05 Å². The second kappa shape index (κ2) is 6.39. The van der Waals surface area contributed by atoms with Crippen molar-refractivity contribution < 1.29 is 4.74 Å². The summed E-state index contributed by atoms with van der Waals surface area (Å²) >= 11 is 0. The van der Waals surface area contributed by atoms with E-state index >= 15 is 0 Å². The molecule has 1 fully saturated rings. The van der Waals surface area contributed by atoms with E-state index in [1.165, 1.54) is 0 Å². The molecule has 1 atom stereocenters. The van der Waals surface area contributed by atoms with Crippen LogP contribution in [0.1, 0.15) is 44.5 Å². The third-order valence-electron chi connectivity index (χ3n) is 3.86. The van der Waals surface area contributed by atoms with Crippen LogP contribution in [0, 0.1) is 6.92 Å². The number of anilines is 2. The van der Waals surface area contributed by atoms with Gasteiger partial charge in [-0.1, -0.05) is 20.8 Å². The topological polar surface area (TPSA) is 50.3 Å². The van der Waals surface area contributed by atoms with Gasteiger partial charge in [0.25, 0.3) is 0 Å². The van der Waals surface area contributed by atoms with E-state index in [2.05, 4.69) is 42.9 Å². The average Bonchev–Trinajstić information content (AvgIpc) is 2.47. The zero-order valence-electron chi connectivity index (χ0n) is 13.2. The lowest BCUT2D eigenvalue weighted by molar-refractivity contribution is 0.0924. The van der Waals surface area contributed by atoms with Crippen molar-refractivity contribution in [2.45, 2.75) is 46.1 Å². The summed E-state index contributed by atoms with van der Waals surface area (Å²) in [7, 11) is 1.92. The lowest BCUT2D eigenvalue weighted by Crippen LogP contribution is -2.46. The molecule has 0 aliphatic carbocycles. The van der Waals surface area contributed by atoms with Gasteiger partial charge in [0.05, 0.1) is 19.3 Å². The van der Waals surface area contributed by atoms with Crippen LogP contribution in [-0.2, 0) is 4.74 Å². The lowest BCUT2D eigenvalue weighted by atomic mass is 10.1. The van der Waals surface area contributed by atoms with Gasteiger partial charge in [0, 0.05) is 25.1 Å². The highest BCUT2D eigenvalue weighted by Gasteiger charge is 2.26. The Bertz CT molecular complexity index is 461. The summed E-state index contributed by atoms with van der Waals surface area (Å²) in [6.07, 6.45) is 1.06. The standard InChI is InChI=1S/C15H26N4O/c1-6-12-9-20-8-7-19(12)15-11(4)14(16-5)17-13(18-15)10(2)3/h10,12H,6-9H2,1-5H3,(H,16,17,18). The van der Waals surface area contributed by atoms with Crippen molar-refractivity contribution >= 4 is 11.6 Å². The average molecular weight is 278 g/mol. The van der Waals surface area contributed by atoms with Gasteiger partial charge in [-0.2, -0.15) is 0 Å². The molecule has 1 aliphatic rings. The maximum atomic E-state index is 5.60. The van der Waals surface area contributed by atoms with E-state index in [4.69, 9.17) is 9.72 Å². The van der Waals surface area contributed by atoms with E-state index in [1.54, 1.807) is 0 Å². The Kier molecular flexibility index (Phi) is 4.81. The number of rotatable bonds is 4. The Labute approximate surface area is 121 Å². The zero-order valence-corrected chi connectivity index (χ0v) is 13.2. The van der Waals surface area contributed by atoms with Gasteiger partial charge < -0.3 is 15.0 Å². The Morgan fingerprint density at radius 1 is 1.40 bits per heavy atom. The van der Waals surface area contributed by atoms with Crippen LogP contribution in [0.15, 0.2) is 0 Å². The van der Waals surface area contributed by atoms with Crippen LogP contribution >= 0.6 is 0 Å². The summed E-state index contributed by atoms with van der Waals surface area (Å²) < 4.78 is 5.60. The molecule has 0 saturated carbocycles. The highest BCUT2D eigenvalue weighted by Crippen LogP contribution is 2.28. The van der Waals surface area contributed by atoms with Gasteiger partial charge in [0.2, 0.25) is 0 Å². The molecule has 1 N–H and O–H groups in total. The smallest absolute Gasteiger partial charge is 0.137 e. The maximum absolute atomic E-state index is 5.60. The van der Waals surface area contributed by atoms with Gasteiger partial charge >= 0.3 is 0 Å². The van der Waals surface area contributed by atoms with Crippen LogP contribution in [0.3, 0.4) is 0 Å². The summed E-state index contributed by atoms with van der Waals surface area (Å²) in [5, 5.41) is 3.19. The van der Waals surface area contributed by atoms with Crippen molar-refractivity contribution in [1.29, 1.82) is 0 Å². The first kappa shape index (κ1) is 15.0. The van der Waals surface area contributed by atoms with E-state index in [-0.39, 0.29) is 0 Å². The third kappa shape index (κ3) is 2.87. The van der Waals surface area contributed by atoms with E-state index in [0.717, 1.165) is 49.2 Å². The minimum Gasteiger partial charge on any atom is -0.377 e. The van der Waals surface area contributed by atoms with Crippen LogP contribution in [0.25, 0.3) is 0 Å². The van der Waals surface area contributed by atoms with E-state index in [9.17, 15) is 0 Å². The van der Waals surface area contributed by atoms with Crippen LogP contribution in [0.5, 0.6) is 0 Å². The summed E-state index contributed by atoms with van der Waals surface area (Å²) in [4.78, 5) is 11.8. The Morgan fingerprint density at radius 2 is 2.15 bits per heavy atom. The fourth-order valence-electron chi connectivity index (χ4n) is 2.57. The first-order valence-electron chi connectivity index (χ1n) is 7.49. The van der Waals surface area contributed by atoms with Crippen molar-refractivity contribution in [3.8, 4) is 0 Å². The molecule has 0 radical (unpaired) electrons. The molecule has 2 heterocycles. The summed E-state index contributed by atoms with van der Waals surface area (Å²) in [5.41, 5.74) is 1.12. The highest BCUT2D eigenvalue weighted by atomic mass is 16.5. The summed E-state index contributed by atoms with van der Waals surface area (Å²) in [6, 6.07) is 0.405. The SMILES string of the molecule is CCC1COCCN1c1nc(C(C)C)nc(NC)c1C. The van der Waals surface area contributed by atoms with Crippen molar-refractivity contribution in [3.05, 3.63) is 11.4 Å². The first-order valence-corrected chi connectivity index (χ1v) is 7.49. The Balaban J connectivity index is 2.45. The molecule has 1 aliphatic heterocycles. The molecule has 0 bridgehead atoms. The molecule has 0 aromatic carbocycles. The molecular weight excluding hydrogens is 252 g/mol. The molecule has 5 heteroatoms. The minimum absolute atomic E-state index is 0.322. The fraction of sp³-hybridized carbons (Fsp3) is 0.733. The fourth-order valence-corrected chi connectivity index (χ4v) is 2.57. The van der Waals surface area contributed by atoms with Crippen LogP contribution < -0.4 is 10.2 Å². The minimum atomic E-state index is 0.322. The van der Waals surface area contributed by atoms with E-state index in [0.29, 0.717) is 12.0 Å². The van der Waals surface area contributed by atoms with Gasteiger partial charge in [0.15, 0.2) is 0 Å². The largest absolute Gasteiger partial charge is 0.377 e. The number of nitrogens with one attached hydrogen (secondary N) is 1. The molecule has 2 rings (SSSR count). The number of morpholine rings is 1. The Hall–Kier alpha value is -1.36. The van der Waals surface area contributed by atoms with Gasteiger partial charge in [-0.25, -0.2) is 9.97 Å². The van der Waals surface area contributed by atoms with Gasteiger partial charge in [-0.05, 0) is 13.3 Å². The monoisotopic (exact) mass is 278 g/mol. The number of nitrogens with zero attached hydrogens (tertiary/aromatic N) is 3. The van der Waals surface area contributed by atoms with Crippen LogP contribution in [0.2, 0.25) is 0 Å². The van der Waals surface area contributed by atoms with Crippen molar-refractivity contribution in [2.24, 2.45) is 0 Å². The van der Waals surface area contributed by atoms with Crippen LogP contribution in [0.4, 0.5) is 11.6 Å². The molecular formula is C15H26N4O. The zero-order chi connectivity index (χ0) is 14.7. The van der Waals surface area contributed by atoms with Crippen molar-refractivity contribution in [1.82, 2.24) is 9.97 Å². The number of hydrogen-bond donors (Lipinski definition) is 1. The number of hydrogen-bond acceptors (Lipinski definition) is 5. The second-order valence-electron chi connectivity index (χ2n) is 5.61. The predicted octanol–water partition coefficient (Wildman–Crippen LogP) is 2.57. The third-order valence-corrected chi connectivity index (χ3v) is 3.86. The molecule has 1 aromatic heterocycles. The Morgan fingerprint density at radius 3 is 2.75 bits per heavy atom. The highest BCUT2D eigenvalue weighted by molar-refractivity contribution is 5.59. The molecule has 1 aromatic rings. The molecule has 0 spiro atoms. The number of ether oxygens (including phenoxy) is 1. The molecule has 112 valence electrons. The summed E-state index contributed by atoms with van der Waals surface area (Å²) in [6.45, 7) is 11.0. The molecule has 5 nitrogen and oxygen atoms in total. The van der Waals surface area contributed by atoms with Gasteiger partial charge in [-0.3, -0.25) is 0 Å². The molecule has 1 unspecified atom stereocenters. The molecule has 0 amide bonds. The van der Waals surface area contributed by atoms with Gasteiger partial charge in [-0.15, -0.1) is 0 Å². The summed E-state index contributed by atoms with van der Waals surface area (Å²) in [5.74, 6) is 3.21. The maximum Gasteiger partial charge on any atom is 0.137 e. The second-order valence-corrected chi connectivity index (χ2v) is 5.61. The predicted molar refractivity (Wildman–Crippen MR) is 82.6 cm³/mol. The quantitative estimate of drug-likeness (QED) is 0.917. The van der Waals surface area contributed by atoms with Crippen LogP contribution in [-0.4, -0.2) is 42.8 Å². The first-order chi connectivity index (χ1) is 9.58.